The normalized spacial score (nSPS) is 10.8. The maximum atomic E-state index is 12.6. The molecule has 0 unspecified atom stereocenters. The number of rotatable bonds is 5. The Bertz CT molecular complexity index is 926. The van der Waals surface area contributed by atoms with E-state index in [0.29, 0.717) is 0 Å². The Hall–Kier alpha value is -2.58. The number of ether oxygens (including phenoxy) is 2. The highest BCUT2D eigenvalue weighted by molar-refractivity contribution is 7.92. The lowest BCUT2D eigenvalue weighted by molar-refractivity contribution is 0.0592. The van der Waals surface area contributed by atoms with Crippen LogP contribution in [0.15, 0.2) is 47.4 Å². The quantitative estimate of drug-likeness (QED) is 0.797. The van der Waals surface area contributed by atoms with E-state index in [-0.39, 0.29) is 26.7 Å². The summed E-state index contributed by atoms with van der Waals surface area (Å²) in [6.07, 6.45) is 0. The van der Waals surface area contributed by atoms with Crippen molar-refractivity contribution in [3.8, 4) is 0 Å². The monoisotopic (exact) mass is 383 g/mol. The summed E-state index contributed by atoms with van der Waals surface area (Å²) in [6.45, 7) is 0. The van der Waals surface area contributed by atoms with Gasteiger partial charge in [0.05, 0.1) is 41.0 Å². The lowest BCUT2D eigenvalue weighted by Crippen LogP contribution is -2.17. The zero-order chi connectivity index (χ0) is 18.6. The van der Waals surface area contributed by atoms with Crippen LogP contribution in [0.1, 0.15) is 20.7 Å². The first kappa shape index (κ1) is 18.8. The van der Waals surface area contributed by atoms with Gasteiger partial charge in [-0.05, 0) is 30.3 Å². The number of carbonyl (C=O) groups excluding carboxylic acids is 2. The van der Waals surface area contributed by atoms with Gasteiger partial charge in [-0.25, -0.2) is 18.0 Å². The molecule has 0 saturated heterocycles. The van der Waals surface area contributed by atoms with Gasteiger partial charge in [0.25, 0.3) is 10.0 Å². The maximum Gasteiger partial charge on any atom is 0.339 e. The largest absolute Gasteiger partial charge is 0.465 e. The summed E-state index contributed by atoms with van der Waals surface area (Å²) in [5.41, 5.74) is 0.00735. The predicted octanol–water partition coefficient (Wildman–Crippen LogP) is 2.71. The number of anilines is 1. The first-order valence-electron chi connectivity index (χ1n) is 6.88. The van der Waals surface area contributed by atoms with E-state index in [2.05, 4.69) is 14.2 Å². The first-order valence-corrected chi connectivity index (χ1v) is 8.74. The maximum absolute atomic E-state index is 12.6. The number of carbonyl (C=O) groups is 2. The molecule has 0 spiro atoms. The molecule has 0 heterocycles. The van der Waals surface area contributed by atoms with Crippen LogP contribution in [0.25, 0.3) is 0 Å². The fourth-order valence-electron chi connectivity index (χ4n) is 2.00. The highest BCUT2D eigenvalue weighted by Crippen LogP contribution is 2.24. The molecule has 1 N–H and O–H groups in total. The molecule has 9 heteroatoms. The second kappa shape index (κ2) is 7.54. The van der Waals surface area contributed by atoms with Crippen molar-refractivity contribution in [2.75, 3.05) is 18.9 Å². The molecular weight excluding hydrogens is 370 g/mol. The van der Waals surface area contributed by atoms with Crippen molar-refractivity contribution < 1.29 is 27.5 Å². The van der Waals surface area contributed by atoms with Crippen molar-refractivity contribution in [1.82, 2.24) is 0 Å². The number of benzene rings is 2. The van der Waals surface area contributed by atoms with Crippen molar-refractivity contribution in [2.24, 2.45) is 0 Å². The first-order chi connectivity index (χ1) is 11.8. The second-order valence-corrected chi connectivity index (χ2v) is 6.87. The number of hydrogen-bond acceptors (Lipinski definition) is 6. The fourth-order valence-corrected chi connectivity index (χ4v) is 3.30. The molecule has 0 radical (unpaired) electrons. The Morgan fingerprint density at radius 1 is 0.960 bits per heavy atom. The van der Waals surface area contributed by atoms with Crippen molar-refractivity contribution >= 4 is 39.3 Å². The highest BCUT2D eigenvalue weighted by atomic mass is 35.5. The minimum Gasteiger partial charge on any atom is -0.465 e. The number of esters is 2. The van der Waals surface area contributed by atoms with E-state index in [0.717, 1.165) is 13.2 Å². The van der Waals surface area contributed by atoms with Crippen molar-refractivity contribution in [3.63, 3.8) is 0 Å². The average Bonchev–Trinajstić information content (AvgIpc) is 2.60. The third kappa shape index (κ3) is 4.09. The third-order valence-electron chi connectivity index (χ3n) is 3.23. The Labute approximate surface area is 149 Å². The Kier molecular flexibility index (Phi) is 5.66. The van der Waals surface area contributed by atoms with Crippen molar-refractivity contribution in [3.05, 3.63) is 58.6 Å². The fraction of sp³-hybridized carbons (Fsp3) is 0.125. The van der Waals surface area contributed by atoms with Gasteiger partial charge in [0, 0.05) is 0 Å². The molecule has 0 bridgehead atoms. The van der Waals surface area contributed by atoms with Gasteiger partial charge in [-0.2, -0.15) is 0 Å². The molecule has 2 rings (SSSR count). The van der Waals surface area contributed by atoms with E-state index < -0.39 is 22.0 Å². The number of hydrogen-bond donors (Lipinski definition) is 1. The lowest BCUT2D eigenvalue weighted by Gasteiger charge is -2.12. The van der Waals surface area contributed by atoms with Crippen LogP contribution in [0, 0.1) is 0 Å². The Morgan fingerprint density at radius 3 is 2.20 bits per heavy atom. The molecule has 25 heavy (non-hydrogen) atoms. The van der Waals surface area contributed by atoms with Gasteiger partial charge in [-0.15, -0.1) is 0 Å². The van der Waals surface area contributed by atoms with Gasteiger partial charge in [-0.3, -0.25) is 4.72 Å². The third-order valence-corrected chi connectivity index (χ3v) is 4.92. The summed E-state index contributed by atoms with van der Waals surface area (Å²) in [4.78, 5) is 23.2. The summed E-state index contributed by atoms with van der Waals surface area (Å²) < 4.78 is 36.7. The van der Waals surface area contributed by atoms with Crippen LogP contribution in [-0.4, -0.2) is 34.6 Å². The number of sulfonamides is 1. The van der Waals surface area contributed by atoms with E-state index in [1.807, 2.05) is 0 Å². The lowest BCUT2D eigenvalue weighted by atomic mass is 10.2. The standard InChI is InChI=1S/C16H14ClNO6S/c1-23-15(19)11-5-3-4-6-14(11)18-25(21,22)10-7-8-13(17)12(9-10)16(20)24-2/h3-9,18H,1-2H3. The molecule has 0 amide bonds. The van der Waals surface area contributed by atoms with Crippen LogP contribution in [0.4, 0.5) is 5.69 Å². The number of methoxy groups -OCH3 is 2. The average molecular weight is 384 g/mol. The van der Waals surface area contributed by atoms with Crippen LogP contribution in [0.3, 0.4) is 0 Å². The SMILES string of the molecule is COC(=O)c1cc(S(=O)(=O)Nc2ccccc2C(=O)OC)ccc1Cl. The van der Waals surface area contributed by atoms with Gasteiger partial charge in [0.1, 0.15) is 0 Å². The Balaban J connectivity index is 2.45. The summed E-state index contributed by atoms with van der Waals surface area (Å²) in [5, 5.41) is 0.0563. The summed E-state index contributed by atoms with van der Waals surface area (Å²) in [5.74, 6) is -1.46. The molecular formula is C16H14ClNO6S. The number of para-hydroxylation sites is 1. The molecule has 0 saturated carbocycles. The van der Waals surface area contributed by atoms with Crippen LogP contribution in [0.2, 0.25) is 5.02 Å². The molecule has 2 aromatic rings. The van der Waals surface area contributed by atoms with Gasteiger partial charge in [0.15, 0.2) is 0 Å². The van der Waals surface area contributed by atoms with Crippen molar-refractivity contribution in [1.29, 1.82) is 0 Å². The van der Waals surface area contributed by atoms with E-state index in [1.54, 1.807) is 12.1 Å². The smallest absolute Gasteiger partial charge is 0.339 e. The molecule has 0 aliphatic heterocycles. The summed E-state index contributed by atoms with van der Waals surface area (Å²) >= 11 is 5.89. The van der Waals surface area contributed by atoms with Crippen molar-refractivity contribution in [2.45, 2.75) is 4.90 Å². The molecule has 0 atom stereocenters. The Morgan fingerprint density at radius 2 is 1.56 bits per heavy atom. The van der Waals surface area contributed by atoms with Crippen LogP contribution >= 0.6 is 11.6 Å². The van der Waals surface area contributed by atoms with Crippen LogP contribution < -0.4 is 4.72 Å². The minimum atomic E-state index is -4.08. The summed E-state index contributed by atoms with van der Waals surface area (Å²) in [6, 6.07) is 9.57. The molecule has 0 aromatic heterocycles. The molecule has 132 valence electrons. The number of halogens is 1. The summed E-state index contributed by atoms with van der Waals surface area (Å²) in [7, 11) is -1.74. The van der Waals surface area contributed by atoms with Crippen LogP contribution in [0.5, 0.6) is 0 Å². The zero-order valence-electron chi connectivity index (χ0n) is 13.3. The molecule has 0 aliphatic carbocycles. The minimum absolute atomic E-state index is 0.0453. The van der Waals surface area contributed by atoms with E-state index in [4.69, 9.17) is 11.6 Å². The topological polar surface area (TPSA) is 98.8 Å². The van der Waals surface area contributed by atoms with Gasteiger partial charge >= 0.3 is 11.9 Å². The van der Waals surface area contributed by atoms with E-state index >= 15 is 0 Å². The predicted molar refractivity (Wildman–Crippen MR) is 91.4 cm³/mol. The highest BCUT2D eigenvalue weighted by Gasteiger charge is 2.21. The van der Waals surface area contributed by atoms with E-state index in [9.17, 15) is 18.0 Å². The zero-order valence-corrected chi connectivity index (χ0v) is 14.8. The van der Waals surface area contributed by atoms with E-state index in [1.165, 1.54) is 31.4 Å². The molecule has 0 fully saturated rings. The van der Waals surface area contributed by atoms with Gasteiger partial charge in [-0.1, -0.05) is 23.7 Å². The van der Waals surface area contributed by atoms with Gasteiger partial charge in [0.2, 0.25) is 0 Å². The molecule has 7 nitrogen and oxygen atoms in total. The molecule has 2 aromatic carbocycles. The second-order valence-electron chi connectivity index (χ2n) is 4.78. The van der Waals surface area contributed by atoms with Gasteiger partial charge < -0.3 is 9.47 Å². The van der Waals surface area contributed by atoms with Crippen LogP contribution in [-0.2, 0) is 19.5 Å². The molecule has 0 aliphatic rings. The number of nitrogens with one attached hydrogen (secondary N) is 1.